The maximum absolute atomic E-state index is 12.8. The summed E-state index contributed by atoms with van der Waals surface area (Å²) in [4.78, 5) is 38.0. The number of allylic oxidation sites excluding steroid dienone is 18. The molecule has 0 aromatic heterocycles. The lowest BCUT2D eigenvalue weighted by Crippen LogP contribution is -2.37. The molecule has 78 heavy (non-hydrogen) atoms. The minimum atomic E-state index is -4.65. The molecule has 0 aromatic carbocycles. The molecule has 2 unspecified atom stereocenters. The maximum Gasteiger partial charge on any atom is 0.306 e. The molecule has 0 saturated heterocycles. The Bertz CT molecular complexity index is 1680. The van der Waals surface area contributed by atoms with Crippen LogP contribution in [0.2, 0.25) is 0 Å². The van der Waals surface area contributed by atoms with Crippen molar-refractivity contribution in [2.24, 2.45) is 0 Å². The van der Waals surface area contributed by atoms with Crippen LogP contribution in [0, 0.1) is 0 Å². The number of phosphoric ester groups is 1. The van der Waals surface area contributed by atoms with Gasteiger partial charge in [0.1, 0.15) is 19.8 Å². The first-order valence-electron chi connectivity index (χ1n) is 31.6. The van der Waals surface area contributed by atoms with Crippen LogP contribution in [0.1, 0.15) is 258 Å². The van der Waals surface area contributed by atoms with E-state index in [1.165, 1.54) is 116 Å². The zero-order valence-electron chi connectivity index (χ0n) is 50.8. The van der Waals surface area contributed by atoms with Crippen molar-refractivity contribution in [3.63, 3.8) is 0 Å². The Morgan fingerprint density at radius 2 is 0.731 bits per heavy atom. The van der Waals surface area contributed by atoms with E-state index < -0.39 is 26.5 Å². The van der Waals surface area contributed by atoms with Crippen molar-refractivity contribution in [1.29, 1.82) is 0 Å². The number of carbonyl (C=O) groups excluding carboxylic acids is 2. The SMILES string of the molecule is CC/C=C\C/C=C\C/C=C\C/C=C\C/C=C\C/C=C\CCCCCCCCC(=O)OC(COC(=O)CCCCCCCCCCCCCCCC/C=C\C/C=C\C/C=C\CCCCCCC)COP(=O)([O-])OCC[N+](C)(C)C. The zero-order chi connectivity index (χ0) is 57.0. The first-order valence-corrected chi connectivity index (χ1v) is 33.1. The Labute approximate surface area is 480 Å². The minimum Gasteiger partial charge on any atom is -0.756 e. The van der Waals surface area contributed by atoms with Crippen LogP contribution in [-0.2, 0) is 32.7 Å². The second-order valence-corrected chi connectivity index (χ2v) is 23.4. The van der Waals surface area contributed by atoms with Gasteiger partial charge in [0, 0.05) is 12.8 Å². The van der Waals surface area contributed by atoms with Crippen molar-refractivity contribution >= 4 is 19.8 Å². The van der Waals surface area contributed by atoms with Crippen molar-refractivity contribution in [2.45, 2.75) is 264 Å². The average molecular weight is 1110 g/mol. The molecule has 0 fully saturated rings. The molecule has 0 N–H and O–H groups in total. The maximum atomic E-state index is 12.8. The first kappa shape index (κ1) is 74.7. The summed E-state index contributed by atoms with van der Waals surface area (Å²) in [6.45, 7) is 4.10. The largest absolute Gasteiger partial charge is 0.756 e. The van der Waals surface area contributed by atoms with Crippen molar-refractivity contribution in [3.8, 4) is 0 Å². The summed E-state index contributed by atoms with van der Waals surface area (Å²) >= 11 is 0. The summed E-state index contributed by atoms with van der Waals surface area (Å²) in [6.07, 6.45) is 81.4. The summed E-state index contributed by atoms with van der Waals surface area (Å²) in [5, 5.41) is 0. The molecular weight excluding hydrogens is 990 g/mol. The molecule has 448 valence electrons. The molecule has 0 aromatic rings. The van der Waals surface area contributed by atoms with Crippen LogP contribution >= 0.6 is 7.82 Å². The average Bonchev–Trinajstić information content (AvgIpc) is 3.40. The van der Waals surface area contributed by atoms with Gasteiger partial charge in [-0.2, -0.15) is 0 Å². The Balaban J connectivity index is 4.16. The van der Waals surface area contributed by atoms with Crippen LogP contribution < -0.4 is 4.89 Å². The molecule has 0 aliphatic carbocycles. The molecule has 10 heteroatoms. The van der Waals surface area contributed by atoms with E-state index in [1.54, 1.807) is 0 Å². The van der Waals surface area contributed by atoms with E-state index >= 15 is 0 Å². The molecule has 9 nitrogen and oxygen atoms in total. The second kappa shape index (κ2) is 58.3. The summed E-state index contributed by atoms with van der Waals surface area (Å²) < 4.78 is 34.2. The van der Waals surface area contributed by atoms with E-state index in [0.717, 1.165) is 109 Å². The van der Waals surface area contributed by atoms with Crippen LogP contribution in [0.25, 0.3) is 0 Å². The predicted octanol–water partition coefficient (Wildman–Crippen LogP) is 19.5. The van der Waals surface area contributed by atoms with Gasteiger partial charge >= 0.3 is 11.9 Å². The lowest BCUT2D eigenvalue weighted by atomic mass is 10.0. The van der Waals surface area contributed by atoms with E-state index in [9.17, 15) is 19.0 Å². The van der Waals surface area contributed by atoms with E-state index in [2.05, 4.69) is 123 Å². The highest BCUT2D eigenvalue weighted by molar-refractivity contribution is 7.45. The number of unbranched alkanes of at least 4 members (excludes halogenated alkanes) is 25. The van der Waals surface area contributed by atoms with Gasteiger partial charge in [0.05, 0.1) is 27.7 Å². The smallest absolute Gasteiger partial charge is 0.306 e. The number of rotatable bonds is 57. The first-order chi connectivity index (χ1) is 38.0. The van der Waals surface area contributed by atoms with Gasteiger partial charge in [0.25, 0.3) is 7.82 Å². The van der Waals surface area contributed by atoms with Crippen molar-refractivity contribution in [2.75, 3.05) is 47.5 Å². The van der Waals surface area contributed by atoms with E-state index in [-0.39, 0.29) is 32.0 Å². The van der Waals surface area contributed by atoms with Crippen LogP contribution in [0.15, 0.2) is 109 Å². The van der Waals surface area contributed by atoms with Gasteiger partial charge in [-0.05, 0) is 103 Å². The summed E-state index contributed by atoms with van der Waals surface area (Å²) in [7, 11) is 1.14. The third-order valence-corrected chi connectivity index (χ3v) is 14.2. The standard InChI is InChI=1S/C68H118NO8P/c1-6-8-10-12-14-16-18-20-22-24-26-28-30-32-33-34-35-37-38-40-42-44-46-48-50-52-54-56-58-60-67(70)74-64-66(65-76-78(72,73)75-63-62-69(3,4)5)77-68(71)61-59-57-55-53-51-49-47-45-43-41-39-36-31-29-27-25-23-21-19-17-15-13-11-9-7-2/h9,11,15,17-18,20-21,23-24,26-27,29-30,32,36,39,43,45,66H,6-8,10,12-14,16,19,22,25,28,31,33-35,37-38,40-42,44,46-65H2,1-5H3/b11-9-,17-15-,20-18-,23-21-,26-24-,29-27-,32-30-,39-36-,45-43-. The minimum absolute atomic E-state index is 0.0393. The molecule has 0 rings (SSSR count). The molecule has 0 radical (unpaired) electrons. The quantitative estimate of drug-likeness (QED) is 0.0195. The number of hydrogen-bond acceptors (Lipinski definition) is 8. The molecular formula is C68H118NO8P. The fraction of sp³-hybridized carbons (Fsp3) is 0.706. The Morgan fingerprint density at radius 3 is 1.09 bits per heavy atom. The van der Waals surface area contributed by atoms with Gasteiger partial charge in [-0.3, -0.25) is 14.2 Å². The number of likely N-dealkylation sites (N-methyl/N-ethyl adjacent to an activating group) is 1. The topological polar surface area (TPSA) is 111 Å². The van der Waals surface area contributed by atoms with Gasteiger partial charge in [0.15, 0.2) is 6.10 Å². The second-order valence-electron chi connectivity index (χ2n) is 22.0. The van der Waals surface area contributed by atoms with Crippen LogP contribution in [0.5, 0.6) is 0 Å². The number of quaternary nitrogens is 1. The summed E-state index contributed by atoms with van der Waals surface area (Å²) in [5.74, 6) is -0.853. The number of ether oxygens (including phenoxy) is 2. The van der Waals surface area contributed by atoms with Crippen molar-refractivity contribution < 1.29 is 42.1 Å². The fourth-order valence-corrected chi connectivity index (χ4v) is 9.16. The number of nitrogens with zero attached hydrogens (tertiary/aromatic N) is 1. The Kier molecular flexibility index (Phi) is 55.8. The molecule has 0 amide bonds. The number of carbonyl (C=O) groups is 2. The van der Waals surface area contributed by atoms with Gasteiger partial charge < -0.3 is 27.9 Å². The van der Waals surface area contributed by atoms with Crippen LogP contribution in [-0.4, -0.2) is 70.0 Å². The van der Waals surface area contributed by atoms with E-state index in [1.807, 2.05) is 21.1 Å². The van der Waals surface area contributed by atoms with Gasteiger partial charge in [-0.1, -0.05) is 252 Å². The van der Waals surface area contributed by atoms with Gasteiger partial charge in [-0.15, -0.1) is 0 Å². The molecule has 0 heterocycles. The van der Waals surface area contributed by atoms with Crippen LogP contribution in [0.4, 0.5) is 0 Å². The highest BCUT2D eigenvalue weighted by atomic mass is 31.2. The number of esters is 2. The highest BCUT2D eigenvalue weighted by Crippen LogP contribution is 2.38. The predicted molar refractivity (Wildman–Crippen MR) is 332 cm³/mol. The lowest BCUT2D eigenvalue weighted by molar-refractivity contribution is -0.870. The zero-order valence-corrected chi connectivity index (χ0v) is 51.7. The van der Waals surface area contributed by atoms with Gasteiger partial charge in [0.2, 0.25) is 0 Å². The highest BCUT2D eigenvalue weighted by Gasteiger charge is 2.22. The fourth-order valence-electron chi connectivity index (χ4n) is 8.43. The molecule has 0 spiro atoms. The van der Waals surface area contributed by atoms with Crippen molar-refractivity contribution in [3.05, 3.63) is 109 Å². The Hall–Kier alpha value is -3.33. The van der Waals surface area contributed by atoms with E-state index in [4.69, 9.17) is 18.5 Å². The Morgan fingerprint density at radius 1 is 0.410 bits per heavy atom. The summed E-state index contributed by atoms with van der Waals surface area (Å²) in [5.41, 5.74) is 0. The summed E-state index contributed by atoms with van der Waals surface area (Å²) in [6, 6.07) is 0. The third-order valence-electron chi connectivity index (χ3n) is 13.3. The number of phosphoric acid groups is 1. The molecule has 0 saturated carbocycles. The van der Waals surface area contributed by atoms with E-state index in [0.29, 0.717) is 17.4 Å². The molecule has 0 aliphatic rings. The van der Waals surface area contributed by atoms with Crippen molar-refractivity contribution in [1.82, 2.24) is 0 Å². The lowest BCUT2D eigenvalue weighted by Gasteiger charge is -2.28. The normalized spacial score (nSPS) is 14.0. The van der Waals surface area contributed by atoms with Crippen LogP contribution in [0.3, 0.4) is 0 Å². The molecule has 0 aliphatic heterocycles. The molecule has 2 atom stereocenters. The monoisotopic (exact) mass is 1110 g/mol. The third kappa shape index (κ3) is 61.9. The number of hydrogen-bond donors (Lipinski definition) is 0. The molecule has 0 bridgehead atoms. The van der Waals surface area contributed by atoms with Gasteiger partial charge in [-0.25, -0.2) is 0 Å².